The molecule has 1 saturated heterocycles. The second-order valence-corrected chi connectivity index (χ2v) is 11.3. The van der Waals surface area contributed by atoms with Gasteiger partial charge in [0.05, 0.1) is 11.0 Å². The van der Waals surface area contributed by atoms with E-state index in [-0.39, 0.29) is 16.7 Å². The van der Waals surface area contributed by atoms with Gasteiger partial charge in [-0.25, -0.2) is 4.98 Å². The summed E-state index contributed by atoms with van der Waals surface area (Å²) in [7, 11) is -3.65. The van der Waals surface area contributed by atoms with Crippen LogP contribution in [0.4, 0.5) is 5.95 Å². The molecular formula is C26H29N5O3S. The van der Waals surface area contributed by atoms with Crippen LogP contribution in [0.15, 0.2) is 57.8 Å². The van der Waals surface area contributed by atoms with Gasteiger partial charge in [0, 0.05) is 30.6 Å². The average molecular weight is 492 g/mol. The number of likely N-dealkylation sites (tertiary alicyclic amines) is 1. The maximum Gasteiger partial charge on any atom is 0.285 e. The van der Waals surface area contributed by atoms with Crippen molar-refractivity contribution in [1.29, 1.82) is 0 Å². The number of nitrogens with zero attached hydrogens (tertiary/aromatic N) is 4. The molecule has 9 heteroatoms. The Hall–Kier alpha value is -3.20. The van der Waals surface area contributed by atoms with Crippen molar-refractivity contribution in [2.45, 2.75) is 55.9 Å². The number of imidazole rings is 1. The van der Waals surface area contributed by atoms with E-state index < -0.39 is 10.0 Å². The lowest BCUT2D eigenvalue weighted by atomic mass is 9.94. The molecule has 2 aromatic carbocycles. The topological polar surface area (TPSA) is 96.7 Å². The lowest BCUT2D eigenvalue weighted by Crippen LogP contribution is -2.41. The van der Waals surface area contributed by atoms with Gasteiger partial charge in [-0.2, -0.15) is 8.42 Å². The molecule has 35 heavy (non-hydrogen) atoms. The number of carbonyl (C=O) groups is 1. The number of sulfonamides is 1. The average Bonchev–Trinajstić information content (AvgIpc) is 3.39. The zero-order valence-corrected chi connectivity index (χ0v) is 20.4. The number of amides is 1. The predicted octanol–water partition coefficient (Wildman–Crippen LogP) is 4.34. The monoisotopic (exact) mass is 491 g/mol. The molecule has 182 valence electrons. The third-order valence-electron chi connectivity index (χ3n) is 7.55. The van der Waals surface area contributed by atoms with Crippen molar-refractivity contribution in [1.82, 2.24) is 14.5 Å². The van der Waals surface area contributed by atoms with Crippen LogP contribution >= 0.6 is 0 Å². The fourth-order valence-corrected chi connectivity index (χ4v) is 6.95. The van der Waals surface area contributed by atoms with Gasteiger partial charge in [-0.15, -0.1) is 4.40 Å². The Balaban J connectivity index is 1.18. The molecule has 3 heterocycles. The van der Waals surface area contributed by atoms with Crippen LogP contribution in [-0.4, -0.2) is 47.7 Å². The highest BCUT2D eigenvalue weighted by molar-refractivity contribution is 7.90. The molecule has 3 aromatic rings. The number of benzene rings is 2. The van der Waals surface area contributed by atoms with Crippen molar-refractivity contribution in [2.24, 2.45) is 10.3 Å². The quantitative estimate of drug-likeness (QED) is 0.588. The van der Waals surface area contributed by atoms with Crippen molar-refractivity contribution >= 4 is 38.7 Å². The molecule has 1 aliphatic carbocycles. The van der Waals surface area contributed by atoms with Crippen LogP contribution in [0.3, 0.4) is 0 Å². The minimum absolute atomic E-state index is 0.0154. The number of hydrogen-bond donors (Lipinski definition) is 1. The molecule has 8 nitrogen and oxygen atoms in total. The summed E-state index contributed by atoms with van der Waals surface area (Å²) < 4.78 is 31.1. The summed E-state index contributed by atoms with van der Waals surface area (Å²) in [4.78, 5) is 20.3. The molecule has 1 amide bonds. The minimum atomic E-state index is -3.65. The molecular weight excluding hydrogens is 462 g/mol. The Morgan fingerprint density at radius 1 is 0.914 bits per heavy atom. The van der Waals surface area contributed by atoms with Crippen LogP contribution < -0.4 is 5.32 Å². The maximum atomic E-state index is 13.3. The van der Waals surface area contributed by atoms with Gasteiger partial charge in [-0.1, -0.05) is 43.5 Å². The van der Waals surface area contributed by atoms with Gasteiger partial charge in [-0.3, -0.25) is 10.1 Å². The molecule has 2 fully saturated rings. The van der Waals surface area contributed by atoms with Gasteiger partial charge in [0.2, 0.25) is 11.9 Å². The second kappa shape index (κ2) is 8.78. The Bertz CT molecular complexity index is 1410. The van der Waals surface area contributed by atoms with Crippen LogP contribution in [0, 0.1) is 5.92 Å². The van der Waals surface area contributed by atoms with Crippen LogP contribution in [0.2, 0.25) is 0 Å². The predicted molar refractivity (Wildman–Crippen MR) is 135 cm³/mol. The van der Waals surface area contributed by atoms with Gasteiger partial charge >= 0.3 is 0 Å². The molecule has 1 saturated carbocycles. The molecule has 1 N–H and O–H groups in total. The largest absolute Gasteiger partial charge is 0.355 e. The number of amidine groups is 1. The van der Waals surface area contributed by atoms with E-state index in [9.17, 15) is 13.2 Å². The number of nitrogens with one attached hydrogen (secondary N) is 1. The summed E-state index contributed by atoms with van der Waals surface area (Å²) in [6, 6.07) is 15.4. The van der Waals surface area contributed by atoms with Crippen molar-refractivity contribution in [3.63, 3.8) is 0 Å². The zero-order chi connectivity index (χ0) is 24.0. The first-order valence-corrected chi connectivity index (χ1v) is 13.9. The van der Waals surface area contributed by atoms with E-state index in [2.05, 4.69) is 20.3 Å². The third kappa shape index (κ3) is 4.01. The van der Waals surface area contributed by atoms with E-state index in [0.717, 1.165) is 23.9 Å². The summed E-state index contributed by atoms with van der Waals surface area (Å²) in [6.45, 7) is 1.17. The summed E-state index contributed by atoms with van der Waals surface area (Å²) in [5.41, 5.74) is 2.63. The highest BCUT2D eigenvalue weighted by atomic mass is 32.2. The van der Waals surface area contributed by atoms with Gasteiger partial charge < -0.3 is 9.47 Å². The zero-order valence-electron chi connectivity index (χ0n) is 19.6. The maximum absolute atomic E-state index is 13.3. The van der Waals surface area contributed by atoms with E-state index in [1.54, 1.807) is 18.2 Å². The van der Waals surface area contributed by atoms with Gasteiger partial charge in [0.15, 0.2) is 5.84 Å². The van der Waals surface area contributed by atoms with Crippen molar-refractivity contribution in [3.05, 3.63) is 54.1 Å². The summed E-state index contributed by atoms with van der Waals surface area (Å²) in [5, 5.41) is 3.15. The number of para-hydroxylation sites is 2. The van der Waals surface area contributed by atoms with Crippen LogP contribution in [0.25, 0.3) is 11.0 Å². The Morgan fingerprint density at radius 3 is 2.43 bits per heavy atom. The Morgan fingerprint density at radius 2 is 1.63 bits per heavy atom. The number of carbonyl (C=O) groups excluding carboxylic acids is 1. The molecule has 0 unspecified atom stereocenters. The van der Waals surface area contributed by atoms with E-state index >= 15 is 0 Å². The Kier molecular flexibility index (Phi) is 5.59. The molecule has 0 atom stereocenters. The normalized spacial score (nSPS) is 20.6. The van der Waals surface area contributed by atoms with Crippen LogP contribution in [0.5, 0.6) is 0 Å². The highest BCUT2D eigenvalue weighted by Crippen LogP contribution is 2.35. The fraction of sp³-hybridized carbons (Fsp3) is 0.423. The molecule has 0 radical (unpaired) electrons. The van der Waals surface area contributed by atoms with Gasteiger partial charge in [-0.05, 0) is 49.9 Å². The number of rotatable bonds is 3. The first-order valence-electron chi connectivity index (χ1n) is 12.5. The van der Waals surface area contributed by atoms with Gasteiger partial charge in [0.25, 0.3) is 10.0 Å². The molecule has 1 aromatic heterocycles. The van der Waals surface area contributed by atoms with Crippen LogP contribution in [-0.2, 0) is 14.8 Å². The summed E-state index contributed by atoms with van der Waals surface area (Å²) in [6.07, 6.45) is 7.15. The van der Waals surface area contributed by atoms with E-state index in [1.807, 2.05) is 29.2 Å². The highest BCUT2D eigenvalue weighted by Gasteiger charge is 2.35. The van der Waals surface area contributed by atoms with E-state index in [1.165, 1.54) is 19.3 Å². The second-order valence-electron chi connectivity index (χ2n) is 9.72. The van der Waals surface area contributed by atoms with Crippen molar-refractivity contribution < 1.29 is 13.2 Å². The lowest BCUT2D eigenvalue weighted by Gasteiger charge is -2.32. The number of hydrogen-bond acceptors (Lipinski definition) is 5. The van der Waals surface area contributed by atoms with E-state index in [0.29, 0.717) is 49.3 Å². The first kappa shape index (κ1) is 22.3. The standard InChI is InChI=1S/C26H29N5O3S/c32-25(28-26-27-21-11-5-6-12-22(21)31(26)19-8-2-1-3-9-19)18-14-16-30(17-15-18)24-20-10-4-7-13-23(20)35(33,34)29-24/h4-7,10-13,18-19H,1-3,8-9,14-17H2,(H,27,28,32). The number of piperidine rings is 1. The van der Waals surface area contributed by atoms with Crippen molar-refractivity contribution in [3.8, 4) is 0 Å². The summed E-state index contributed by atoms with van der Waals surface area (Å²) in [5.74, 6) is 0.974. The number of aromatic nitrogens is 2. The Labute approximate surface area is 205 Å². The first-order chi connectivity index (χ1) is 17.0. The summed E-state index contributed by atoms with van der Waals surface area (Å²) >= 11 is 0. The molecule has 0 spiro atoms. The lowest BCUT2D eigenvalue weighted by molar-refractivity contribution is -0.121. The molecule has 0 bridgehead atoms. The van der Waals surface area contributed by atoms with Gasteiger partial charge in [0.1, 0.15) is 4.90 Å². The van der Waals surface area contributed by atoms with E-state index in [4.69, 9.17) is 4.98 Å². The molecule has 3 aliphatic rings. The number of anilines is 1. The van der Waals surface area contributed by atoms with Crippen LogP contribution in [0.1, 0.15) is 56.6 Å². The smallest absolute Gasteiger partial charge is 0.285 e. The fourth-order valence-electron chi connectivity index (χ4n) is 5.72. The molecule has 2 aliphatic heterocycles. The van der Waals surface area contributed by atoms with Crippen molar-refractivity contribution in [2.75, 3.05) is 18.4 Å². The molecule has 6 rings (SSSR count). The third-order valence-corrected chi connectivity index (χ3v) is 8.87. The minimum Gasteiger partial charge on any atom is -0.355 e. The SMILES string of the molecule is O=C(Nc1nc2ccccc2n1C1CCCCC1)C1CCN(C2=NS(=O)(=O)c3ccccc32)CC1. The number of fused-ring (bicyclic) bond motifs is 2.